The lowest BCUT2D eigenvalue weighted by Gasteiger charge is -2.11. The average Bonchev–Trinajstić information content (AvgIpc) is 3.04. The van der Waals surface area contributed by atoms with Crippen molar-refractivity contribution >= 4 is 34.7 Å². The number of Topliss-reactive ketones (excluding diaryl/α,β-unsaturated/α-hetero) is 6. The molecule has 8 nitrogen and oxygen atoms in total. The Morgan fingerprint density at radius 2 is 0.744 bits per heavy atom. The summed E-state index contributed by atoms with van der Waals surface area (Å²) in [6.45, 7) is 0. The van der Waals surface area contributed by atoms with Gasteiger partial charge in [0.2, 0.25) is 0 Å². The SMILES string of the molecule is COc1ccc(C(=O)CC(=O)c2ccccc2)cc1C(=O)CC(=O)c1ccc(OC)c(C(=O)CC(=O)c2ccccc2)c1. The number of carbonyl (C=O) groups excluding carboxylic acids is 6. The van der Waals surface area contributed by atoms with Crippen LogP contribution < -0.4 is 9.47 Å². The van der Waals surface area contributed by atoms with Crippen LogP contribution in [0.4, 0.5) is 0 Å². The highest BCUT2D eigenvalue weighted by Crippen LogP contribution is 2.26. The second kappa shape index (κ2) is 13.9. The van der Waals surface area contributed by atoms with Gasteiger partial charge in [-0.05, 0) is 36.4 Å². The van der Waals surface area contributed by atoms with Gasteiger partial charge < -0.3 is 9.47 Å². The summed E-state index contributed by atoms with van der Waals surface area (Å²) in [6.07, 6.45) is -1.40. The van der Waals surface area contributed by atoms with Crippen LogP contribution in [0.25, 0.3) is 0 Å². The molecule has 4 aromatic rings. The zero-order valence-corrected chi connectivity index (χ0v) is 23.6. The predicted molar refractivity (Wildman–Crippen MR) is 159 cm³/mol. The molecule has 0 aliphatic carbocycles. The van der Waals surface area contributed by atoms with E-state index in [4.69, 9.17) is 9.47 Å². The molecular weight excluding hydrogens is 548 g/mol. The maximum atomic E-state index is 13.3. The Balaban J connectivity index is 1.51. The second-order valence-electron chi connectivity index (χ2n) is 9.63. The lowest BCUT2D eigenvalue weighted by atomic mass is 9.94. The molecule has 0 saturated carbocycles. The zero-order valence-electron chi connectivity index (χ0n) is 23.6. The van der Waals surface area contributed by atoms with E-state index in [1.165, 1.54) is 50.6 Å². The first-order valence-electron chi connectivity index (χ1n) is 13.4. The fourth-order valence-electron chi connectivity index (χ4n) is 4.48. The molecule has 0 aromatic heterocycles. The van der Waals surface area contributed by atoms with Crippen LogP contribution in [0.5, 0.6) is 11.5 Å². The number of benzene rings is 4. The highest BCUT2D eigenvalue weighted by Gasteiger charge is 2.23. The Kier molecular flexibility index (Phi) is 9.85. The number of ketones is 6. The van der Waals surface area contributed by atoms with E-state index in [1.807, 2.05) is 0 Å². The number of hydrogen-bond donors (Lipinski definition) is 0. The van der Waals surface area contributed by atoms with E-state index in [0.29, 0.717) is 11.1 Å². The van der Waals surface area contributed by atoms with Crippen LogP contribution in [-0.2, 0) is 0 Å². The molecule has 0 aliphatic heterocycles. The van der Waals surface area contributed by atoms with E-state index in [-0.39, 0.29) is 45.3 Å². The van der Waals surface area contributed by atoms with E-state index in [2.05, 4.69) is 0 Å². The zero-order chi connectivity index (χ0) is 30.9. The van der Waals surface area contributed by atoms with Gasteiger partial charge in [0.25, 0.3) is 0 Å². The first kappa shape index (κ1) is 30.5. The molecule has 8 heteroatoms. The van der Waals surface area contributed by atoms with Gasteiger partial charge in [-0.3, -0.25) is 28.8 Å². The summed E-state index contributed by atoms with van der Waals surface area (Å²) in [7, 11) is 2.72. The van der Waals surface area contributed by atoms with E-state index in [0.717, 1.165) is 0 Å². The van der Waals surface area contributed by atoms with Gasteiger partial charge in [0.1, 0.15) is 11.5 Å². The van der Waals surface area contributed by atoms with Gasteiger partial charge in [-0.2, -0.15) is 0 Å². The summed E-state index contributed by atoms with van der Waals surface area (Å²) in [5, 5.41) is 0. The van der Waals surface area contributed by atoms with Crippen molar-refractivity contribution in [3.8, 4) is 11.5 Å². The van der Waals surface area contributed by atoms with Crippen LogP contribution in [0.1, 0.15) is 81.4 Å². The van der Waals surface area contributed by atoms with Crippen molar-refractivity contribution in [2.24, 2.45) is 0 Å². The maximum absolute atomic E-state index is 13.3. The first-order chi connectivity index (χ1) is 20.7. The molecule has 0 aliphatic rings. The molecule has 0 heterocycles. The minimum Gasteiger partial charge on any atom is -0.496 e. The predicted octanol–water partition coefficient (Wildman–Crippen LogP) is 6.07. The van der Waals surface area contributed by atoms with Gasteiger partial charge >= 0.3 is 0 Å². The third kappa shape index (κ3) is 7.42. The van der Waals surface area contributed by atoms with Gasteiger partial charge in [0.05, 0.1) is 44.6 Å². The molecule has 43 heavy (non-hydrogen) atoms. The third-order valence-corrected chi connectivity index (χ3v) is 6.80. The summed E-state index contributed by atoms with van der Waals surface area (Å²) in [6, 6.07) is 25.1. The van der Waals surface area contributed by atoms with Crippen molar-refractivity contribution in [3.05, 3.63) is 130 Å². The van der Waals surface area contributed by atoms with Crippen LogP contribution >= 0.6 is 0 Å². The molecule has 4 aromatic carbocycles. The number of rotatable bonds is 14. The summed E-state index contributed by atoms with van der Waals surface area (Å²) >= 11 is 0. The minimum atomic E-state index is -0.617. The molecule has 0 saturated heterocycles. The normalized spacial score (nSPS) is 10.5. The summed E-state index contributed by atoms with van der Waals surface area (Å²) < 4.78 is 10.6. The summed E-state index contributed by atoms with van der Waals surface area (Å²) in [5.74, 6) is -2.63. The molecule has 0 N–H and O–H groups in total. The molecule has 0 bridgehead atoms. The van der Waals surface area contributed by atoms with Crippen molar-refractivity contribution < 1.29 is 38.2 Å². The summed E-state index contributed by atoms with van der Waals surface area (Å²) in [5.41, 5.74) is 1.02. The fourth-order valence-corrected chi connectivity index (χ4v) is 4.48. The molecular formula is C35H28O8. The van der Waals surface area contributed by atoms with Gasteiger partial charge in [0.15, 0.2) is 34.7 Å². The highest BCUT2D eigenvalue weighted by molar-refractivity contribution is 6.18. The quantitative estimate of drug-likeness (QED) is 0.131. The molecule has 0 amide bonds. The number of methoxy groups -OCH3 is 2. The van der Waals surface area contributed by atoms with E-state index in [1.54, 1.807) is 60.7 Å². The van der Waals surface area contributed by atoms with Gasteiger partial charge in [-0.15, -0.1) is 0 Å². The summed E-state index contributed by atoms with van der Waals surface area (Å²) in [4.78, 5) is 77.4. The Morgan fingerprint density at radius 1 is 0.419 bits per heavy atom. The molecule has 0 radical (unpaired) electrons. The largest absolute Gasteiger partial charge is 0.496 e. The van der Waals surface area contributed by atoms with Gasteiger partial charge in [-0.25, -0.2) is 0 Å². The molecule has 0 atom stereocenters. The lowest BCUT2D eigenvalue weighted by molar-refractivity contribution is 0.0877. The number of hydrogen-bond acceptors (Lipinski definition) is 8. The van der Waals surface area contributed by atoms with Gasteiger partial charge in [0, 0.05) is 22.3 Å². The fraction of sp³-hybridized carbons (Fsp3) is 0.143. The number of ether oxygens (including phenoxy) is 2. The Labute approximate surface area is 248 Å². The van der Waals surface area contributed by atoms with Crippen molar-refractivity contribution in [2.75, 3.05) is 14.2 Å². The van der Waals surface area contributed by atoms with Crippen LogP contribution in [0, 0.1) is 0 Å². The van der Waals surface area contributed by atoms with Crippen molar-refractivity contribution in [2.45, 2.75) is 19.3 Å². The van der Waals surface area contributed by atoms with Crippen molar-refractivity contribution in [3.63, 3.8) is 0 Å². The molecule has 0 fully saturated rings. The molecule has 216 valence electrons. The minimum absolute atomic E-state index is 0.00660. The van der Waals surface area contributed by atoms with E-state index in [9.17, 15) is 28.8 Å². The average molecular weight is 577 g/mol. The van der Waals surface area contributed by atoms with Crippen molar-refractivity contribution in [1.29, 1.82) is 0 Å². The van der Waals surface area contributed by atoms with Crippen molar-refractivity contribution in [1.82, 2.24) is 0 Å². The molecule has 0 unspecified atom stereocenters. The standard InChI is InChI=1S/C35H28O8/c1-42-34-16-14-25(18-26(34)32(40)20-29(37)23-11-7-4-8-12-23)31(39)21-33(41)27-17-24(13-15-35(27)43-2)30(38)19-28(36)22-9-5-3-6-10-22/h3-18H,19-21H2,1-2H3. The second-order valence-corrected chi connectivity index (χ2v) is 9.63. The topological polar surface area (TPSA) is 121 Å². The molecule has 0 spiro atoms. The van der Waals surface area contributed by atoms with Gasteiger partial charge in [-0.1, -0.05) is 60.7 Å². The van der Waals surface area contributed by atoms with Crippen LogP contribution in [0.2, 0.25) is 0 Å². The third-order valence-electron chi connectivity index (χ3n) is 6.80. The maximum Gasteiger partial charge on any atom is 0.174 e. The van der Waals surface area contributed by atoms with Crippen LogP contribution in [0.15, 0.2) is 97.1 Å². The Hall–Kier alpha value is -5.50. The lowest BCUT2D eigenvalue weighted by Crippen LogP contribution is -2.14. The monoisotopic (exact) mass is 576 g/mol. The van der Waals surface area contributed by atoms with E-state index >= 15 is 0 Å². The highest BCUT2D eigenvalue weighted by atomic mass is 16.5. The van der Waals surface area contributed by atoms with E-state index < -0.39 is 42.4 Å². The smallest absolute Gasteiger partial charge is 0.174 e. The Bertz CT molecular complexity index is 1700. The Morgan fingerprint density at radius 3 is 1.09 bits per heavy atom. The first-order valence-corrected chi connectivity index (χ1v) is 13.4. The van der Waals surface area contributed by atoms with Crippen LogP contribution in [0.3, 0.4) is 0 Å². The number of carbonyl (C=O) groups is 6. The van der Waals surface area contributed by atoms with Crippen LogP contribution in [-0.4, -0.2) is 48.9 Å². The molecule has 4 rings (SSSR count).